The van der Waals surface area contributed by atoms with Crippen LogP contribution in [0, 0.1) is 0 Å². The van der Waals surface area contributed by atoms with Crippen LogP contribution < -0.4 is 15.4 Å². The minimum atomic E-state index is -0.603. The van der Waals surface area contributed by atoms with E-state index in [1.54, 1.807) is 7.11 Å². The second-order valence-electron chi connectivity index (χ2n) is 6.47. The van der Waals surface area contributed by atoms with Gasteiger partial charge in [-0.3, -0.25) is 14.5 Å². The Morgan fingerprint density at radius 1 is 1.28 bits per heavy atom. The number of methoxy groups -OCH3 is 1. The van der Waals surface area contributed by atoms with Gasteiger partial charge in [0.2, 0.25) is 5.91 Å². The summed E-state index contributed by atoms with van der Waals surface area (Å²) in [6, 6.07) is 6.85. The minimum absolute atomic E-state index is 0.0544. The van der Waals surface area contributed by atoms with Gasteiger partial charge in [-0.2, -0.15) is 0 Å². The van der Waals surface area contributed by atoms with E-state index in [9.17, 15) is 14.4 Å². The smallest absolute Gasteiger partial charge is 0.324 e. The summed E-state index contributed by atoms with van der Waals surface area (Å²) in [4.78, 5) is 37.4. The maximum atomic E-state index is 12.4. The second-order valence-corrected chi connectivity index (χ2v) is 6.47. The molecular weight excluding hydrogens is 322 g/mol. The number of nitrogens with zero attached hydrogens (tertiary/aromatic N) is 1. The van der Waals surface area contributed by atoms with E-state index in [-0.39, 0.29) is 24.3 Å². The van der Waals surface area contributed by atoms with Gasteiger partial charge in [0.05, 0.1) is 7.11 Å². The molecule has 1 aromatic carbocycles. The van der Waals surface area contributed by atoms with E-state index in [0.717, 1.165) is 24.2 Å². The quantitative estimate of drug-likeness (QED) is 0.694. The maximum Gasteiger partial charge on any atom is 0.324 e. The molecule has 1 atom stereocenters. The van der Waals surface area contributed by atoms with E-state index in [2.05, 4.69) is 10.6 Å². The summed E-state index contributed by atoms with van der Waals surface area (Å²) < 4.78 is 5.11. The summed E-state index contributed by atoms with van der Waals surface area (Å²) in [5.74, 6) is 0.460. The third-order valence-corrected chi connectivity index (χ3v) is 4.49. The van der Waals surface area contributed by atoms with Crippen molar-refractivity contribution in [3.63, 3.8) is 0 Å². The van der Waals surface area contributed by atoms with Crippen molar-refractivity contribution in [3.05, 3.63) is 29.8 Å². The Morgan fingerprint density at radius 3 is 2.64 bits per heavy atom. The van der Waals surface area contributed by atoms with Crippen molar-refractivity contribution in [1.29, 1.82) is 0 Å². The molecule has 4 amide bonds. The van der Waals surface area contributed by atoms with Crippen molar-refractivity contribution in [3.8, 4) is 5.75 Å². The molecule has 1 saturated heterocycles. The molecule has 0 radical (unpaired) electrons. The number of amides is 4. The average Bonchev–Trinajstić information content (AvgIpc) is 3.38. The topological polar surface area (TPSA) is 87.7 Å². The first-order chi connectivity index (χ1) is 12.1. The number of carbonyl (C=O) groups excluding carboxylic acids is 3. The van der Waals surface area contributed by atoms with E-state index < -0.39 is 6.04 Å². The molecule has 25 heavy (non-hydrogen) atoms. The van der Waals surface area contributed by atoms with Gasteiger partial charge in [-0.05, 0) is 43.4 Å². The number of urea groups is 1. The molecular formula is C18H23N3O4. The highest BCUT2D eigenvalue weighted by molar-refractivity contribution is 6.04. The molecule has 1 aliphatic carbocycles. The Hall–Kier alpha value is -2.57. The second kappa shape index (κ2) is 7.55. The first-order valence-electron chi connectivity index (χ1n) is 8.61. The normalized spacial score (nSPS) is 19.7. The van der Waals surface area contributed by atoms with Crippen LogP contribution in [0.15, 0.2) is 24.3 Å². The van der Waals surface area contributed by atoms with Gasteiger partial charge in [-0.1, -0.05) is 12.1 Å². The van der Waals surface area contributed by atoms with Crippen LogP contribution in [0.4, 0.5) is 4.79 Å². The van der Waals surface area contributed by atoms with E-state index >= 15 is 0 Å². The first kappa shape index (κ1) is 17.3. The molecule has 2 aliphatic rings. The predicted octanol–water partition coefficient (Wildman–Crippen LogP) is 1.22. The van der Waals surface area contributed by atoms with Crippen molar-refractivity contribution in [2.45, 2.75) is 44.2 Å². The molecule has 2 N–H and O–H groups in total. The minimum Gasteiger partial charge on any atom is -0.497 e. The monoisotopic (exact) mass is 345 g/mol. The molecule has 1 aromatic rings. The molecule has 0 bridgehead atoms. The standard InChI is InChI=1S/C18H23N3O4/c1-25-14-6-2-12(3-7-14)10-11-21-17(23)15(20-18(21)24)8-9-16(22)19-13-4-5-13/h2-3,6-7,13,15H,4-5,8-11H2,1H3,(H,19,22)(H,20,24)/t15-/m0/s1. The van der Waals surface area contributed by atoms with Gasteiger partial charge in [0.1, 0.15) is 11.8 Å². The molecule has 7 heteroatoms. The Balaban J connectivity index is 1.47. The number of carbonyl (C=O) groups is 3. The lowest BCUT2D eigenvalue weighted by Crippen LogP contribution is -2.34. The highest BCUT2D eigenvalue weighted by Gasteiger charge is 2.37. The van der Waals surface area contributed by atoms with Gasteiger partial charge in [0.25, 0.3) is 5.91 Å². The Bertz CT molecular complexity index is 655. The van der Waals surface area contributed by atoms with E-state index in [4.69, 9.17) is 4.74 Å². The Kier molecular flexibility index (Phi) is 5.21. The summed E-state index contributed by atoms with van der Waals surface area (Å²) in [6.45, 7) is 0.321. The lowest BCUT2D eigenvalue weighted by Gasteiger charge is -2.13. The van der Waals surface area contributed by atoms with Crippen LogP contribution in [0.5, 0.6) is 5.75 Å². The molecule has 2 fully saturated rings. The van der Waals surface area contributed by atoms with Crippen LogP contribution in [-0.4, -0.2) is 48.5 Å². The zero-order valence-electron chi connectivity index (χ0n) is 14.3. The molecule has 0 aromatic heterocycles. The molecule has 134 valence electrons. The number of hydrogen-bond donors (Lipinski definition) is 2. The molecule has 0 spiro atoms. The first-order valence-corrected chi connectivity index (χ1v) is 8.61. The highest BCUT2D eigenvalue weighted by atomic mass is 16.5. The van der Waals surface area contributed by atoms with Crippen molar-refractivity contribution < 1.29 is 19.1 Å². The molecule has 1 aliphatic heterocycles. The predicted molar refractivity (Wildman–Crippen MR) is 91.1 cm³/mol. The third-order valence-electron chi connectivity index (χ3n) is 4.49. The van der Waals surface area contributed by atoms with E-state index in [1.165, 1.54) is 4.90 Å². The number of ether oxygens (including phenoxy) is 1. The van der Waals surface area contributed by atoms with Crippen LogP contribution >= 0.6 is 0 Å². The van der Waals surface area contributed by atoms with Gasteiger partial charge < -0.3 is 15.4 Å². The van der Waals surface area contributed by atoms with Crippen LogP contribution in [-0.2, 0) is 16.0 Å². The largest absolute Gasteiger partial charge is 0.497 e. The lowest BCUT2D eigenvalue weighted by atomic mass is 10.1. The molecule has 3 rings (SSSR count). The summed E-state index contributed by atoms with van der Waals surface area (Å²) in [7, 11) is 1.60. The zero-order chi connectivity index (χ0) is 17.8. The van der Waals surface area contributed by atoms with Crippen molar-refractivity contribution in [2.24, 2.45) is 0 Å². The van der Waals surface area contributed by atoms with Crippen molar-refractivity contribution in [1.82, 2.24) is 15.5 Å². The fraction of sp³-hybridized carbons (Fsp3) is 0.500. The third kappa shape index (κ3) is 4.49. The zero-order valence-corrected chi connectivity index (χ0v) is 14.3. The van der Waals surface area contributed by atoms with Gasteiger partial charge in [0.15, 0.2) is 0 Å². The summed E-state index contributed by atoms with van der Waals surface area (Å²) >= 11 is 0. The van der Waals surface area contributed by atoms with Gasteiger partial charge >= 0.3 is 6.03 Å². The molecule has 1 saturated carbocycles. The van der Waals surface area contributed by atoms with Crippen molar-refractivity contribution in [2.75, 3.05) is 13.7 Å². The number of rotatable bonds is 8. The van der Waals surface area contributed by atoms with E-state index in [0.29, 0.717) is 25.4 Å². The lowest BCUT2D eigenvalue weighted by molar-refractivity contribution is -0.127. The number of imide groups is 1. The highest BCUT2D eigenvalue weighted by Crippen LogP contribution is 2.19. The fourth-order valence-corrected chi connectivity index (χ4v) is 2.82. The molecule has 1 heterocycles. The average molecular weight is 345 g/mol. The van der Waals surface area contributed by atoms with Crippen LogP contribution in [0.25, 0.3) is 0 Å². The Labute approximate surface area is 146 Å². The number of hydrogen-bond acceptors (Lipinski definition) is 4. The van der Waals surface area contributed by atoms with E-state index in [1.807, 2.05) is 24.3 Å². The number of benzene rings is 1. The van der Waals surface area contributed by atoms with Gasteiger partial charge in [-0.15, -0.1) is 0 Å². The van der Waals surface area contributed by atoms with Crippen molar-refractivity contribution >= 4 is 17.8 Å². The summed E-state index contributed by atoms with van der Waals surface area (Å²) in [6.07, 6.45) is 3.23. The van der Waals surface area contributed by atoms with Crippen LogP contribution in [0.2, 0.25) is 0 Å². The summed E-state index contributed by atoms with van der Waals surface area (Å²) in [5, 5.41) is 5.55. The van der Waals surface area contributed by atoms with Gasteiger partial charge in [0, 0.05) is 19.0 Å². The van der Waals surface area contributed by atoms with Crippen LogP contribution in [0.1, 0.15) is 31.2 Å². The Morgan fingerprint density at radius 2 is 2.00 bits per heavy atom. The maximum absolute atomic E-state index is 12.4. The molecule has 0 unspecified atom stereocenters. The molecule has 7 nitrogen and oxygen atoms in total. The SMILES string of the molecule is COc1ccc(CCN2C(=O)N[C@@H](CCC(=O)NC3CC3)C2=O)cc1. The van der Waals surface area contributed by atoms with Gasteiger partial charge in [-0.25, -0.2) is 4.79 Å². The summed E-state index contributed by atoms with van der Waals surface area (Å²) in [5.41, 5.74) is 1.02. The van der Waals surface area contributed by atoms with Crippen LogP contribution in [0.3, 0.4) is 0 Å². The fourth-order valence-electron chi connectivity index (χ4n) is 2.82. The number of nitrogens with one attached hydrogen (secondary N) is 2.